The number of aliphatic imine (C=N–C) groups is 2. The second kappa shape index (κ2) is 5.35. The Morgan fingerprint density at radius 2 is 1.84 bits per heavy atom. The third-order valence-electron chi connectivity index (χ3n) is 2.90. The first-order valence-corrected chi connectivity index (χ1v) is 5.85. The molecule has 0 heterocycles. The van der Waals surface area contributed by atoms with Crippen LogP contribution in [-0.4, -0.2) is 19.6 Å². The summed E-state index contributed by atoms with van der Waals surface area (Å²) in [7, 11) is 1.65. The van der Waals surface area contributed by atoms with E-state index in [1.165, 1.54) is 0 Å². The molecule has 0 unspecified atom stereocenters. The Balaban J connectivity index is 2.58. The molecule has 2 rings (SSSR count). The van der Waals surface area contributed by atoms with E-state index < -0.39 is 0 Å². The summed E-state index contributed by atoms with van der Waals surface area (Å²) < 4.78 is 0. The van der Waals surface area contributed by atoms with Gasteiger partial charge in [0.25, 0.3) is 0 Å². The fraction of sp³-hybridized carbons (Fsp3) is 0.0667. The van der Waals surface area contributed by atoms with Gasteiger partial charge in [0.05, 0.1) is 5.69 Å². The van der Waals surface area contributed by atoms with Gasteiger partial charge in [-0.15, -0.1) is 0 Å². The summed E-state index contributed by atoms with van der Waals surface area (Å²) >= 11 is 0. The fourth-order valence-corrected chi connectivity index (χ4v) is 1.90. The molecule has 0 saturated heterocycles. The van der Waals surface area contributed by atoms with Gasteiger partial charge in [0, 0.05) is 18.3 Å². The quantitative estimate of drug-likeness (QED) is 0.500. The molecular formula is C15H16N4. The SMILES string of the molecule is C=Nc1ccc(-c2cccc(N)c2)cc1/C(N)=N\C. The van der Waals surface area contributed by atoms with Crippen LogP contribution >= 0.6 is 0 Å². The van der Waals surface area contributed by atoms with E-state index in [0.29, 0.717) is 5.84 Å². The Labute approximate surface area is 112 Å². The maximum absolute atomic E-state index is 5.89. The lowest BCUT2D eigenvalue weighted by Crippen LogP contribution is -2.13. The number of benzene rings is 2. The van der Waals surface area contributed by atoms with Gasteiger partial charge in [0.2, 0.25) is 0 Å². The summed E-state index contributed by atoms with van der Waals surface area (Å²) in [5.41, 5.74) is 15.9. The molecule has 0 amide bonds. The molecule has 0 aliphatic carbocycles. The van der Waals surface area contributed by atoms with Crippen molar-refractivity contribution in [2.45, 2.75) is 0 Å². The zero-order valence-electron chi connectivity index (χ0n) is 10.8. The summed E-state index contributed by atoms with van der Waals surface area (Å²) in [4.78, 5) is 7.96. The average molecular weight is 252 g/mol. The van der Waals surface area contributed by atoms with Crippen molar-refractivity contribution in [3.63, 3.8) is 0 Å². The van der Waals surface area contributed by atoms with Gasteiger partial charge in [-0.1, -0.05) is 18.2 Å². The third-order valence-corrected chi connectivity index (χ3v) is 2.90. The predicted octanol–water partition coefficient (Wildman–Crippen LogP) is 2.60. The minimum absolute atomic E-state index is 0.438. The maximum atomic E-state index is 5.89. The van der Waals surface area contributed by atoms with Crippen LogP contribution < -0.4 is 11.5 Å². The van der Waals surface area contributed by atoms with Gasteiger partial charge in [-0.3, -0.25) is 9.98 Å². The summed E-state index contributed by atoms with van der Waals surface area (Å²) in [6.07, 6.45) is 0. The second-order valence-electron chi connectivity index (χ2n) is 4.12. The number of rotatable bonds is 3. The van der Waals surface area contributed by atoms with Crippen LogP contribution in [0.15, 0.2) is 52.4 Å². The number of nitrogens with two attached hydrogens (primary N) is 2. The van der Waals surface area contributed by atoms with E-state index in [4.69, 9.17) is 11.5 Å². The second-order valence-corrected chi connectivity index (χ2v) is 4.12. The van der Waals surface area contributed by atoms with Crippen LogP contribution in [0.5, 0.6) is 0 Å². The van der Waals surface area contributed by atoms with Crippen LogP contribution in [0.4, 0.5) is 11.4 Å². The van der Waals surface area contributed by atoms with Gasteiger partial charge in [0.1, 0.15) is 5.84 Å². The van der Waals surface area contributed by atoms with Crippen LogP contribution in [0.1, 0.15) is 5.56 Å². The van der Waals surface area contributed by atoms with Crippen molar-refractivity contribution in [2.75, 3.05) is 12.8 Å². The Hall–Kier alpha value is -2.62. The number of nitrogen functional groups attached to an aromatic ring is 1. The number of anilines is 1. The molecule has 4 heteroatoms. The molecule has 0 spiro atoms. The fourth-order valence-electron chi connectivity index (χ4n) is 1.90. The topological polar surface area (TPSA) is 76.8 Å². The molecule has 96 valence electrons. The van der Waals surface area contributed by atoms with Gasteiger partial charge >= 0.3 is 0 Å². The van der Waals surface area contributed by atoms with Crippen LogP contribution in [-0.2, 0) is 0 Å². The van der Waals surface area contributed by atoms with Gasteiger partial charge in [-0.25, -0.2) is 0 Å². The molecule has 19 heavy (non-hydrogen) atoms. The van der Waals surface area contributed by atoms with Gasteiger partial charge in [-0.2, -0.15) is 0 Å². The minimum Gasteiger partial charge on any atom is -0.399 e. The first kappa shape index (κ1) is 12.8. The van der Waals surface area contributed by atoms with Gasteiger partial charge in [-0.05, 0) is 42.1 Å². The molecular weight excluding hydrogens is 236 g/mol. The first-order chi connectivity index (χ1) is 9.15. The van der Waals surface area contributed by atoms with Crippen LogP contribution in [0.25, 0.3) is 11.1 Å². The number of amidine groups is 1. The monoisotopic (exact) mass is 252 g/mol. The van der Waals surface area contributed by atoms with Crippen LogP contribution in [0.2, 0.25) is 0 Å². The zero-order chi connectivity index (χ0) is 13.8. The molecule has 0 aromatic heterocycles. The largest absolute Gasteiger partial charge is 0.399 e. The summed E-state index contributed by atoms with van der Waals surface area (Å²) in [5, 5.41) is 0. The number of hydrogen-bond acceptors (Lipinski definition) is 3. The molecule has 2 aromatic rings. The zero-order valence-corrected chi connectivity index (χ0v) is 10.8. The lowest BCUT2D eigenvalue weighted by atomic mass is 10.0. The van der Waals surface area contributed by atoms with E-state index in [0.717, 1.165) is 28.1 Å². The van der Waals surface area contributed by atoms with Gasteiger partial charge < -0.3 is 11.5 Å². The Morgan fingerprint density at radius 1 is 1.11 bits per heavy atom. The van der Waals surface area contributed by atoms with E-state index in [9.17, 15) is 0 Å². The van der Waals surface area contributed by atoms with E-state index in [1.807, 2.05) is 42.5 Å². The van der Waals surface area contributed by atoms with Crippen molar-refractivity contribution >= 4 is 23.9 Å². The Morgan fingerprint density at radius 3 is 2.47 bits per heavy atom. The molecule has 4 nitrogen and oxygen atoms in total. The van der Waals surface area contributed by atoms with Crippen LogP contribution in [0.3, 0.4) is 0 Å². The highest BCUT2D eigenvalue weighted by molar-refractivity contribution is 6.03. The molecule has 0 fully saturated rings. The van der Waals surface area contributed by atoms with Crippen LogP contribution in [0, 0.1) is 0 Å². The molecule has 0 saturated carbocycles. The molecule has 0 bridgehead atoms. The minimum atomic E-state index is 0.438. The molecule has 0 aliphatic rings. The lowest BCUT2D eigenvalue weighted by molar-refractivity contribution is 1.38. The standard InChI is InChI=1S/C15H16N4/c1-18-14-7-6-11(9-13(14)15(17)19-2)10-4-3-5-12(16)8-10/h3-9H,1,16H2,2H3,(H2,17,19). The third kappa shape index (κ3) is 2.63. The summed E-state index contributed by atoms with van der Waals surface area (Å²) in [5.74, 6) is 0.438. The van der Waals surface area contributed by atoms with Crippen molar-refractivity contribution in [3.8, 4) is 11.1 Å². The molecule has 0 radical (unpaired) electrons. The highest BCUT2D eigenvalue weighted by Crippen LogP contribution is 2.27. The van der Waals surface area contributed by atoms with Crippen molar-refractivity contribution in [1.82, 2.24) is 0 Å². The smallest absolute Gasteiger partial charge is 0.127 e. The number of nitrogens with zero attached hydrogens (tertiary/aromatic N) is 2. The molecule has 2 aromatic carbocycles. The first-order valence-electron chi connectivity index (χ1n) is 5.85. The van der Waals surface area contributed by atoms with Crippen molar-refractivity contribution in [2.24, 2.45) is 15.7 Å². The molecule has 0 aliphatic heterocycles. The Bertz CT molecular complexity index is 644. The van der Waals surface area contributed by atoms with E-state index >= 15 is 0 Å². The predicted molar refractivity (Wildman–Crippen MR) is 82.1 cm³/mol. The highest BCUT2D eigenvalue weighted by Gasteiger charge is 2.07. The summed E-state index contributed by atoms with van der Waals surface area (Å²) in [6, 6.07) is 13.5. The van der Waals surface area contributed by atoms with E-state index in [1.54, 1.807) is 7.05 Å². The van der Waals surface area contributed by atoms with Gasteiger partial charge in [0.15, 0.2) is 0 Å². The van der Waals surface area contributed by atoms with Crippen molar-refractivity contribution in [3.05, 3.63) is 48.0 Å². The van der Waals surface area contributed by atoms with E-state index in [-0.39, 0.29) is 0 Å². The molecule has 4 N–H and O–H groups in total. The number of hydrogen-bond donors (Lipinski definition) is 2. The Kier molecular flexibility index (Phi) is 3.61. The summed E-state index contributed by atoms with van der Waals surface area (Å²) in [6.45, 7) is 3.54. The maximum Gasteiger partial charge on any atom is 0.127 e. The lowest BCUT2D eigenvalue weighted by Gasteiger charge is -2.09. The van der Waals surface area contributed by atoms with Crippen molar-refractivity contribution in [1.29, 1.82) is 0 Å². The van der Waals surface area contributed by atoms with Crippen molar-refractivity contribution < 1.29 is 0 Å². The van der Waals surface area contributed by atoms with E-state index in [2.05, 4.69) is 16.7 Å². The highest BCUT2D eigenvalue weighted by atomic mass is 14.8. The molecule has 0 atom stereocenters. The average Bonchev–Trinajstić information content (AvgIpc) is 2.45. The normalized spacial score (nSPS) is 11.3.